The lowest BCUT2D eigenvalue weighted by Gasteiger charge is -2.18. The van der Waals surface area contributed by atoms with Crippen LogP contribution < -0.4 is 5.30 Å². The third-order valence-corrected chi connectivity index (χ3v) is 8.83. The van der Waals surface area contributed by atoms with Crippen molar-refractivity contribution in [3.05, 3.63) is 40.5 Å². The molecule has 1 rings (SSSR count). The Morgan fingerprint density at radius 2 is 1.38 bits per heavy atom. The van der Waals surface area contributed by atoms with E-state index in [1.165, 1.54) is 98.2 Å². The summed E-state index contributed by atoms with van der Waals surface area (Å²) in [4.78, 5) is 0. The van der Waals surface area contributed by atoms with Crippen molar-refractivity contribution in [1.82, 2.24) is 0 Å². The van der Waals surface area contributed by atoms with Crippen molar-refractivity contribution in [2.75, 3.05) is 13.2 Å². The number of rotatable bonds is 21. The molecule has 0 N–H and O–H groups in total. The van der Waals surface area contributed by atoms with Crippen LogP contribution in [0.3, 0.4) is 0 Å². The summed E-state index contributed by atoms with van der Waals surface area (Å²) in [5.41, 5.74) is 5.93. The minimum atomic E-state index is 0.00344. The molecule has 0 bridgehead atoms. The Morgan fingerprint density at radius 1 is 0.765 bits per heavy atom. The van der Waals surface area contributed by atoms with Crippen molar-refractivity contribution in [3.8, 4) is 0 Å². The lowest BCUT2D eigenvalue weighted by molar-refractivity contribution is -0.148. The van der Waals surface area contributed by atoms with Gasteiger partial charge in [-0.05, 0) is 113 Å². The van der Waals surface area contributed by atoms with Gasteiger partial charge in [0.1, 0.15) is 0 Å². The molecule has 0 aromatic heterocycles. The first kappa shape index (κ1) is 31.8. The summed E-state index contributed by atoms with van der Waals surface area (Å²) in [7, 11) is 0.702. The molecule has 0 heterocycles. The third-order valence-electron chi connectivity index (χ3n) is 6.83. The number of aryl methyl sites for hydroxylation is 1. The summed E-state index contributed by atoms with van der Waals surface area (Å²) in [6.45, 7) is 13.0. The molecule has 1 atom stereocenters. The van der Waals surface area contributed by atoms with Crippen molar-refractivity contribution < 1.29 is 9.47 Å². The van der Waals surface area contributed by atoms with Crippen LogP contribution in [-0.2, 0) is 15.9 Å². The molecule has 1 aromatic carbocycles. The second-order valence-electron chi connectivity index (χ2n) is 9.64. The molecular weight excluding hydrogens is 503 g/mol. The predicted octanol–water partition coefficient (Wildman–Crippen LogP) is 9.79. The molecule has 196 valence electrons. The highest BCUT2D eigenvalue weighted by Gasteiger charge is 2.10. The highest BCUT2D eigenvalue weighted by Crippen LogP contribution is 2.27. The van der Waals surface area contributed by atoms with Gasteiger partial charge in [0.05, 0.1) is 0 Å². The van der Waals surface area contributed by atoms with Gasteiger partial charge in [-0.1, -0.05) is 79.7 Å². The lowest BCUT2D eigenvalue weighted by Crippen LogP contribution is -2.19. The van der Waals surface area contributed by atoms with Crippen molar-refractivity contribution in [2.45, 2.75) is 131 Å². The zero-order chi connectivity index (χ0) is 25.0. The van der Waals surface area contributed by atoms with E-state index in [1.807, 2.05) is 0 Å². The average molecular weight is 556 g/mol. The Bertz CT molecular complexity index is 662. The Kier molecular flexibility index (Phi) is 19.6. The maximum atomic E-state index is 6.03. The van der Waals surface area contributed by atoms with Gasteiger partial charge in [-0.3, -0.25) is 0 Å². The molecule has 34 heavy (non-hydrogen) atoms. The molecular formula is C30H52BrO2P. The summed E-state index contributed by atoms with van der Waals surface area (Å²) in [5, 5.41) is 1.47. The van der Waals surface area contributed by atoms with Crippen LogP contribution in [0, 0.1) is 20.8 Å². The number of hydrogen-bond donors (Lipinski definition) is 0. The fourth-order valence-electron chi connectivity index (χ4n) is 4.22. The van der Waals surface area contributed by atoms with E-state index in [9.17, 15) is 0 Å². The number of hydrogen-bond acceptors (Lipinski definition) is 2. The van der Waals surface area contributed by atoms with E-state index in [2.05, 4.69) is 68.3 Å². The molecule has 1 aromatic rings. The Hall–Kier alpha value is -0.210. The molecule has 0 radical (unpaired) electrons. The zero-order valence-corrected chi connectivity index (χ0v) is 25.4. The van der Waals surface area contributed by atoms with Gasteiger partial charge in [0, 0.05) is 13.2 Å². The maximum Gasteiger partial charge on any atom is 0.157 e. The number of ether oxygens (including phenoxy) is 2. The van der Waals surface area contributed by atoms with E-state index < -0.39 is 0 Å². The van der Waals surface area contributed by atoms with Gasteiger partial charge in [0.2, 0.25) is 0 Å². The lowest BCUT2D eigenvalue weighted by atomic mass is 9.95. The highest BCUT2D eigenvalue weighted by atomic mass is 79.9. The van der Waals surface area contributed by atoms with E-state index in [1.54, 1.807) is 0 Å². The first-order valence-electron chi connectivity index (χ1n) is 13.9. The number of halogens is 1. The van der Waals surface area contributed by atoms with Crippen LogP contribution in [-0.4, -0.2) is 19.5 Å². The van der Waals surface area contributed by atoms with Crippen LogP contribution in [0.2, 0.25) is 0 Å². The number of benzene rings is 1. The van der Waals surface area contributed by atoms with Crippen LogP contribution in [0.4, 0.5) is 0 Å². The van der Waals surface area contributed by atoms with Crippen molar-refractivity contribution in [2.24, 2.45) is 0 Å². The molecule has 0 aliphatic heterocycles. The smallest absolute Gasteiger partial charge is 0.157 e. The van der Waals surface area contributed by atoms with Crippen molar-refractivity contribution in [3.63, 3.8) is 0 Å². The second-order valence-corrected chi connectivity index (χ2v) is 11.6. The fraction of sp³-hybridized carbons (Fsp3) is 0.733. The van der Waals surface area contributed by atoms with E-state index >= 15 is 0 Å². The van der Waals surface area contributed by atoms with Crippen molar-refractivity contribution >= 4 is 28.1 Å². The topological polar surface area (TPSA) is 18.5 Å². The predicted molar refractivity (Wildman–Crippen MR) is 157 cm³/mol. The molecule has 0 saturated carbocycles. The fourth-order valence-corrected chi connectivity index (χ4v) is 6.01. The minimum Gasteiger partial charge on any atom is -0.353 e. The molecule has 0 amide bonds. The van der Waals surface area contributed by atoms with E-state index in [-0.39, 0.29) is 6.29 Å². The van der Waals surface area contributed by atoms with Gasteiger partial charge in [-0.2, -0.15) is 0 Å². The molecule has 2 nitrogen and oxygen atoms in total. The summed E-state index contributed by atoms with van der Waals surface area (Å²) >= 11 is 3.67. The SMILES string of the molecule is CCCCCOC(CCCCC/C=C/CCCc1cc(PBr)c(C)c(C)c1C)OCCCCC. The Morgan fingerprint density at radius 3 is 1.97 bits per heavy atom. The molecule has 1 unspecified atom stereocenters. The van der Waals surface area contributed by atoms with Gasteiger partial charge < -0.3 is 9.47 Å². The average Bonchev–Trinajstić information content (AvgIpc) is 2.84. The monoisotopic (exact) mass is 554 g/mol. The van der Waals surface area contributed by atoms with Gasteiger partial charge >= 0.3 is 0 Å². The molecule has 0 fully saturated rings. The molecule has 4 heteroatoms. The molecule has 0 saturated heterocycles. The van der Waals surface area contributed by atoms with Gasteiger partial charge in [-0.25, -0.2) is 0 Å². The Balaban J connectivity index is 2.20. The summed E-state index contributed by atoms with van der Waals surface area (Å²) in [6, 6.07) is 2.42. The van der Waals surface area contributed by atoms with Gasteiger partial charge in [0.25, 0.3) is 0 Å². The molecule has 0 spiro atoms. The standard InChI is InChI=1S/C30H52BrO2P/c1-6-8-18-22-32-30(33-23-19-9-7-2)21-17-15-13-11-10-12-14-16-20-28-24-29(34-31)27(5)25(3)26(28)4/h10,12,24,30,34H,6-9,11,13-23H2,1-5H3/b12-10+. The molecule has 0 aliphatic rings. The number of allylic oxidation sites excluding steroid dienone is 2. The van der Waals surface area contributed by atoms with E-state index in [4.69, 9.17) is 9.47 Å². The first-order valence-corrected chi connectivity index (χ1v) is 17.1. The highest BCUT2D eigenvalue weighted by molar-refractivity contribution is 9.37. The normalized spacial score (nSPS) is 12.2. The quantitative estimate of drug-likeness (QED) is 0.0651. The largest absolute Gasteiger partial charge is 0.353 e. The van der Waals surface area contributed by atoms with Gasteiger partial charge in [0.15, 0.2) is 6.29 Å². The second kappa shape index (κ2) is 20.9. The van der Waals surface area contributed by atoms with Crippen LogP contribution in [0.5, 0.6) is 0 Å². The zero-order valence-electron chi connectivity index (χ0n) is 22.8. The first-order chi connectivity index (χ1) is 16.5. The van der Waals surface area contributed by atoms with Crippen LogP contribution in [0.1, 0.15) is 120 Å². The van der Waals surface area contributed by atoms with E-state index in [0.29, 0.717) is 7.28 Å². The maximum absolute atomic E-state index is 6.03. The van der Waals surface area contributed by atoms with Crippen LogP contribution >= 0.6 is 22.8 Å². The van der Waals surface area contributed by atoms with Crippen LogP contribution in [0.15, 0.2) is 18.2 Å². The summed E-state index contributed by atoms with van der Waals surface area (Å²) in [6.07, 6.45) is 21.6. The third kappa shape index (κ3) is 13.8. The van der Waals surface area contributed by atoms with E-state index in [0.717, 1.165) is 32.5 Å². The number of unbranched alkanes of at least 4 members (excludes halogenated alkanes) is 8. The minimum absolute atomic E-state index is 0.00344. The summed E-state index contributed by atoms with van der Waals surface area (Å²) < 4.78 is 12.1. The summed E-state index contributed by atoms with van der Waals surface area (Å²) in [5.74, 6) is 0. The Labute approximate surface area is 221 Å². The molecule has 0 aliphatic carbocycles. The van der Waals surface area contributed by atoms with Gasteiger partial charge in [-0.15, -0.1) is 0 Å². The van der Waals surface area contributed by atoms with Crippen molar-refractivity contribution in [1.29, 1.82) is 0 Å². The van der Waals surface area contributed by atoms with Crippen LogP contribution in [0.25, 0.3) is 0 Å².